The van der Waals surface area contributed by atoms with Crippen molar-refractivity contribution in [1.29, 1.82) is 0 Å². The summed E-state index contributed by atoms with van der Waals surface area (Å²) in [5.74, 6) is -1.69. The van der Waals surface area contributed by atoms with Crippen molar-refractivity contribution in [1.82, 2.24) is 0 Å². The Bertz CT molecular complexity index is 770. The molecule has 0 heterocycles. The van der Waals surface area contributed by atoms with Gasteiger partial charge in [-0.05, 0) is 30.9 Å². The Balaban J connectivity index is 2.79. The molecular formula is C29H44O6. The van der Waals surface area contributed by atoms with E-state index in [4.69, 9.17) is 14.2 Å². The maximum absolute atomic E-state index is 13.0. The summed E-state index contributed by atoms with van der Waals surface area (Å²) >= 11 is 0. The topological polar surface area (TPSA) is 78.9 Å². The summed E-state index contributed by atoms with van der Waals surface area (Å²) in [4.78, 5) is 37.0. The van der Waals surface area contributed by atoms with Gasteiger partial charge in [0.25, 0.3) is 0 Å². The average molecular weight is 489 g/mol. The number of carbonyl (C=O) groups is 3. The van der Waals surface area contributed by atoms with Gasteiger partial charge in [-0.2, -0.15) is 0 Å². The molecule has 0 bridgehead atoms. The van der Waals surface area contributed by atoms with Gasteiger partial charge in [0.05, 0.1) is 17.7 Å². The van der Waals surface area contributed by atoms with E-state index >= 15 is 0 Å². The van der Waals surface area contributed by atoms with Crippen molar-refractivity contribution in [3.05, 3.63) is 47.5 Å². The average Bonchev–Trinajstić information content (AvgIpc) is 2.87. The third-order valence-corrected chi connectivity index (χ3v) is 5.83. The Morgan fingerprint density at radius 3 is 1.94 bits per heavy atom. The lowest BCUT2D eigenvalue weighted by Gasteiger charge is -2.14. The second-order valence-electron chi connectivity index (χ2n) is 8.77. The molecule has 6 heteroatoms. The smallest absolute Gasteiger partial charge is 0.339 e. The van der Waals surface area contributed by atoms with Crippen molar-refractivity contribution in [2.75, 3.05) is 19.8 Å². The molecule has 0 aliphatic carbocycles. The zero-order valence-electron chi connectivity index (χ0n) is 21.8. The third-order valence-electron chi connectivity index (χ3n) is 5.83. The second-order valence-corrected chi connectivity index (χ2v) is 8.77. The summed E-state index contributed by atoms with van der Waals surface area (Å²) in [6.45, 7) is 7.85. The van der Waals surface area contributed by atoms with Crippen molar-refractivity contribution < 1.29 is 28.6 Å². The van der Waals surface area contributed by atoms with Crippen LogP contribution in [0.5, 0.6) is 0 Å². The highest BCUT2D eigenvalue weighted by molar-refractivity contribution is 6.04. The minimum atomic E-state index is -0.629. The lowest BCUT2D eigenvalue weighted by Crippen LogP contribution is -2.19. The minimum Gasteiger partial charge on any atom is -0.462 e. The van der Waals surface area contributed by atoms with Crippen molar-refractivity contribution >= 4 is 17.9 Å². The molecule has 0 atom stereocenters. The highest BCUT2D eigenvalue weighted by Crippen LogP contribution is 2.21. The van der Waals surface area contributed by atoms with Crippen LogP contribution in [0.15, 0.2) is 30.9 Å². The molecule has 0 fully saturated rings. The lowest BCUT2D eigenvalue weighted by atomic mass is 9.96. The van der Waals surface area contributed by atoms with Gasteiger partial charge in [0.2, 0.25) is 0 Å². The fraction of sp³-hybridized carbons (Fsp3) is 0.621. The number of hydrogen-bond acceptors (Lipinski definition) is 6. The van der Waals surface area contributed by atoms with Crippen molar-refractivity contribution in [2.24, 2.45) is 0 Å². The van der Waals surface area contributed by atoms with Crippen molar-refractivity contribution in [3.63, 3.8) is 0 Å². The first kappa shape index (κ1) is 30.4. The van der Waals surface area contributed by atoms with E-state index in [9.17, 15) is 14.4 Å². The zero-order valence-corrected chi connectivity index (χ0v) is 21.8. The van der Waals surface area contributed by atoms with Gasteiger partial charge < -0.3 is 14.2 Å². The first-order valence-corrected chi connectivity index (χ1v) is 13.3. The molecule has 0 N–H and O–H groups in total. The van der Waals surface area contributed by atoms with E-state index in [-0.39, 0.29) is 18.8 Å². The molecule has 0 spiro atoms. The normalized spacial score (nSPS) is 10.6. The summed E-state index contributed by atoms with van der Waals surface area (Å²) in [5, 5.41) is 0. The molecule has 0 radical (unpaired) electrons. The first-order chi connectivity index (χ1) is 17.0. The van der Waals surface area contributed by atoms with Crippen LogP contribution >= 0.6 is 0 Å². The molecule has 0 saturated heterocycles. The SMILES string of the molecule is C=CC(=O)OCCOC(=O)c1cccc(CCCCCCCC)c1C(=O)OCCCCCCCC. The van der Waals surface area contributed by atoms with Gasteiger partial charge >= 0.3 is 17.9 Å². The van der Waals surface area contributed by atoms with Gasteiger partial charge in [-0.3, -0.25) is 0 Å². The molecule has 0 aliphatic rings. The predicted molar refractivity (Wildman–Crippen MR) is 139 cm³/mol. The number of benzene rings is 1. The van der Waals surface area contributed by atoms with Crippen LogP contribution in [0.4, 0.5) is 0 Å². The Morgan fingerprint density at radius 2 is 1.29 bits per heavy atom. The van der Waals surface area contributed by atoms with Gasteiger partial charge in [-0.1, -0.05) is 96.8 Å². The molecule has 196 valence electrons. The molecular weight excluding hydrogens is 444 g/mol. The molecule has 1 rings (SSSR count). The molecule has 0 saturated carbocycles. The lowest BCUT2D eigenvalue weighted by molar-refractivity contribution is -0.138. The Labute approximate surface area is 211 Å². The number of rotatable bonds is 20. The summed E-state index contributed by atoms with van der Waals surface area (Å²) in [7, 11) is 0. The maximum Gasteiger partial charge on any atom is 0.339 e. The van der Waals surface area contributed by atoms with Crippen LogP contribution in [-0.4, -0.2) is 37.7 Å². The number of esters is 3. The predicted octanol–water partition coefficient (Wildman–Crippen LogP) is 6.99. The molecule has 0 unspecified atom stereocenters. The minimum absolute atomic E-state index is 0.0775. The standard InChI is InChI=1S/C29H44O6/c1-4-7-9-11-13-15-18-24-19-17-20-25(28(31)35-23-22-33-26(30)6-3)27(24)29(32)34-21-16-14-12-10-8-5-2/h6,17,19-20H,3-5,7-16,18,21-23H2,1-2H3. The van der Waals surface area contributed by atoms with Crippen LogP contribution in [0.25, 0.3) is 0 Å². The van der Waals surface area contributed by atoms with E-state index in [1.807, 2.05) is 6.07 Å². The van der Waals surface area contributed by atoms with Crippen LogP contribution < -0.4 is 0 Å². The highest BCUT2D eigenvalue weighted by atomic mass is 16.6. The van der Waals surface area contributed by atoms with Crippen LogP contribution in [0.3, 0.4) is 0 Å². The third kappa shape index (κ3) is 13.1. The van der Waals surface area contributed by atoms with Gasteiger partial charge in [0, 0.05) is 6.08 Å². The summed E-state index contributed by atoms with van der Waals surface area (Å²) in [6.07, 6.45) is 15.2. The van der Waals surface area contributed by atoms with Crippen LogP contribution in [0.2, 0.25) is 0 Å². The number of hydrogen-bond donors (Lipinski definition) is 0. The number of ether oxygens (including phenoxy) is 3. The summed E-state index contributed by atoms with van der Waals surface area (Å²) < 4.78 is 15.7. The molecule has 0 amide bonds. The van der Waals surface area contributed by atoms with Gasteiger partial charge in [-0.15, -0.1) is 0 Å². The van der Waals surface area contributed by atoms with Crippen LogP contribution in [0, 0.1) is 0 Å². The Morgan fingerprint density at radius 1 is 0.714 bits per heavy atom. The maximum atomic E-state index is 13.0. The fourth-order valence-corrected chi connectivity index (χ4v) is 3.85. The first-order valence-electron chi connectivity index (χ1n) is 13.3. The van der Waals surface area contributed by atoms with E-state index in [1.165, 1.54) is 38.5 Å². The van der Waals surface area contributed by atoms with Gasteiger partial charge in [-0.25, -0.2) is 14.4 Å². The molecule has 1 aromatic carbocycles. The summed E-state index contributed by atoms with van der Waals surface area (Å²) in [6, 6.07) is 5.24. The second kappa shape index (κ2) is 19.7. The van der Waals surface area contributed by atoms with Crippen molar-refractivity contribution in [2.45, 2.75) is 97.3 Å². The number of aryl methyl sites for hydroxylation is 1. The van der Waals surface area contributed by atoms with E-state index in [2.05, 4.69) is 20.4 Å². The summed E-state index contributed by atoms with van der Waals surface area (Å²) in [5.41, 5.74) is 1.29. The molecule has 1 aromatic rings. The van der Waals surface area contributed by atoms with E-state index in [0.29, 0.717) is 18.6 Å². The van der Waals surface area contributed by atoms with Crippen LogP contribution in [-0.2, 0) is 25.4 Å². The van der Waals surface area contributed by atoms with E-state index < -0.39 is 17.9 Å². The highest BCUT2D eigenvalue weighted by Gasteiger charge is 2.23. The Kier molecular flexibility index (Phi) is 17.1. The van der Waals surface area contributed by atoms with E-state index in [1.54, 1.807) is 12.1 Å². The largest absolute Gasteiger partial charge is 0.462 e. The molecule has 35 heavy (non-hydrogen) atoms. The Hall–Kier alpha value is -2.63. The number of unbranched alkanes of at least 4 members (excludes halogenated alkanes) is 10. The monoisotopic (exact) mass is 488 g/mol. The fourth-order valence-electron chi connectivity index (χ4n) is 3.85. The van der Waals surface area contributed by atoms with Gasteiger partial charge in [0.15, 0.2) is 0 Å². The molecule has 0 aromatic heterocycles. The quantitative estimate of drug-likeness (QED) is 0.0851. The van der Waals surface area contributed by atoms with E-state index in [0.717, 1.165) is 50.2 Å². The van der Waals surface area contributed by atoms with Crippen LogP contribution in [0.1, 0.15) is 117 Å². The van der Waals surface area contributed by atoms with Gasteiger partial charge in [0.1, 0.15) is 13.2 Å². The van der Waals surface area contributed by atoms with Crippen molar-refractivity contribution in [3.8, 4) is 0 Å². The number of carbonyl (C=O) groups excluding carboxylic acids is 3. The molecule has 6 nitrogen and oxygen atoms in total. The molecule has 0 aliphatic heterocycles. The zero-order chi connectivity index (χ0) is 25.7.